The molecule has 1 aromatic carbocycles. The molecule has 2 bridgehead atoms. The number of fused-ring (bicyclic) bond motifs is 2. The van der Waals surface area contributed by atoms with Crippen molar-refractivity contribution >= 4 is 17.0 Å². The zero-order valence-electron chi connectivity index (χ0n) is 24.7. The van der Waals surface area contributed by atoms with Gasteiger partial charge in [-0.3, -0.25) is 9.80 Å². The second kappa shape index (κ2) is 13.2. The number of benzene rings is 1. The van der Waals surface area contributed by atoms with Crippen LogP contribution >= 0.6 is 17.0 Å². The second-order valence-electron chi connectivity index (χ2n) is 13.4. The van der Waals surface area contributed by atoms with E-state index >= 15 is 0 Å². The van der Waals surface area contributed by atoms with Crippen LogP contribution in [0.3, 0.4) is 0 Å². The number of hydrogen-bond acceptors (Lipinski definition) is 3. The van der Waals surface area contributed by atoms with Crippen LogP contribution in [-0.2, 0) is 31.7 Å². The van der Waals surface area contributed by atoms with E-state index in [1.807, 2.05) is 0 Å². The van der Waals surface area contributed by atoms with Gasteiger partial charge in [0.25, 0.3) is 0 Å². The van der Waals surface area contributed by atoms with Gasteiger partial charge < -0.3 is 11.0 Å². The first-order chi connectivity index (χ1) is 16.6. The fraction of sp³-hybridized carbons (Fsp3) is 0.767. The maximum atomic E-state index is 11.1. The number of hydrogen-bond donors (Lipinski definition) is 1. The van der Waals surface area contributed by atoms with E-state index in [-0.39, 0.29) is 17.0 Å². The predicted octanol–water partition coefficient (Wildman–Crippen LogP) is 8.52. The van der Waals surface area contributed by atoms with Crippen LogP contribution in [0.5, 0.6) is 5.75 Å². The zero-order valence-corrected chi connectivity index (χ0v) is 28.6. The molecule has 4 rings (SSSR count). The van der Waals surface area contributed by atoms with E-state index in [1.165, 1.54) is 12.0 Å². The van der Waals surface area contributed by atoms with Crippen LogP contribution in [0.2, 0.25) is 0 Å². The molecule has 204 valence electrons. The van der Waals surface area contributed by atoms with Crippen molar-refractivity contribution in [3.63, 3.8) is 0 Å². The van der Waals surface area contributed by atoms with Gasteiger partial charge in [-0.25, -0.2) is 0 Å². The van der Waals surface area contributed by atoms with Crippen LogP contribution in [0.4, 0.5) is 0 Å². The molecular weight excluding hydrogens is 566 g/mol. The molecule has 36 heavy (non-hydrogen) atoms. The molecule has 0 spiro atoms. The number of rotatable bonds is 1. The molecule has 6 atom stereocenters. The van der Waals surface area contributed by atoms with E-state index in [4.69, 9.17) is 17.0 Å². The van der Waals surface area contributed by atoms with Crippen LogP contribution < -0.4 is 0 Å². The molecule has 1 N–H and O–H groups in total. The van der Waals surface area contributed by atoms with Crippen LogP contribution in [0.15, 0.2) is 12.1 Å². The number of phenolic OH excluding ortho intramolecular Hbond substituents is 1. The summed E-state index contributed by atoms with van der Waals surface area (Å²) in [5.41, 5.74) is 3.54. The maximum absolute atomic E-state index is 11.1. The third kappa shape index (κ3) is 7.53. The molecule has 2 aliphatic heterocycles. The summed E-state index contributed by atoms with van der Waals surface area (Å²) in [6, 6.07) is 4.47. The van der Waals surface area contributed by atoms with Crippen molar-refractivity contribution in [3.05, 3.63) is 34.7 Å². The van der Waals surface area contributed by atoms with Gasteiger partial charge in [-0.05, 0) is 34.4 Å². The van der Waals surface area contributed by atoms with E-state index in [2.05, 4.69) is 98.1 Å². The molecule has 3 aliphatic rings. The number of phenols is 1. The van der Waals surface area contributed by atoms with Gasteiger partial charge in [0, 0.05) is 31.7 Å². The molecule has 2 heterocycles. The van der Waals surface area contributed by atoms with Crippen LogP contribution in [0.1, 0.15) is 105 Å². The molecule has 2 saturated heterocycles. The molecular formula is C30H51Cl2N2OZr+. The summed E-state index contributed by atoms with van der Waals surface area (Å²) in [6.07, 6.45) is 1.50. The Balaban J connectivity index is 0.000000292. The Hall–Kier alpha value is 0.403. The van der Waals surface area contributed by atoms with Crippen LogP contribution in [0.25, 0.3) is 0 Å². The monoisotopic (exact) mass is 615 g/mol. The van der Waals surface area contributed by atoms with Gasteiger partial charge in [-0.2, -0.15) is 18.8 Å². The van der Waals surface area contributed by atoms with Crippen molar-refractivity contribution < 1.29 is 26.0 Å². The number of nitrogens with zero attached hydrogens (tertiary/aromatic N) is 2. The van der Waals surface area contributed by atoms with Crippen molar-refractivity contribution in [3.8, 4) is 5.75 Å². The first-order valence-electron chi connectivity index (χ1n) is 13.7. The first-order valence-corrected chi connectivity index (χ1v) is 20.0. The quantitative estimate of drug-likeness (QED) is 0.320. The number of halogens is 2. The summed E-state index contributed by atoms with van der Waals surface area (Å²) in [7, 11) is 9.87. The molecule has 1 aliphatic carbocycles. The summed E-state index contributed by atoms with van der Waals surface area (Å²) in [4.78, 5) is 5.05. The van der Waals surface area contributed by atoms with Gasteiger partial charge in [0.15, 0.2) is 0 Å². The topological polar surface area (TPSA) is 26.7 Å². The van der Waals surface area contributed by atoms with Crippen molar-refractivity contribution in [2.75, 3.05) is 26.2 Å². The summed E-state index contributed by atoms with van der Waals surface area (Å²) in [6.45, 7) is 29.7. The fourth-order valence-corrected chi connectivity index (χ4v) is 6.08. The minimum absolute atomic E-state index is 0.0571. The summed E-state index contributed by atoms with van der Waals surface area (Å²) < 4.78 is 0. The van der Waals surface area contributed by atoms with Crippen molar-refractivity contribution in [1.29, 1.82) is 0 Å². The molecule has 0 radical (unpaired) electrons. The van der Waals surface area contributed by atoms with Gasteiger partial charge in [-0.1, -0.05) is 87.1 Å². The van der Waals surface area contributed by atoms with E-state index in [1.54, 1.807) is 5.92 Å². The van der Waals surface area contributed by atoms with Gasteiger partial charge >= 0.3 is 37.9 Å². The van der Waals surface area contributed by atoms with Crippen molar-refractivity contribution in [2.24, 2.45) is 23.7 Å². The Morgan fingerprint density at radius 2 is 1.28 bits per heavy atom. The van der Waals surface area contributed by atoms with Gasteiger partial charge in [0.2, 0.25) is 0 Å². The average molecular weight is 618 g/mol. The second-order valence-corrected chi connectivity index (χ2v) is 17.1. The molecule has 6 unspecified atom stereocenters. The molecule has 1 aromatic rings. The Labute approximate surface area is 241 Å². The summed E-state index contributed by atoms with van der Waals surface area (Å²) in [5, 5.41) is 11.1. The first kappa shape index (κ1) is 32.6. The zero-order chi connectivity index (χ0) is 27.6. The molecule has 6 heteroatoms. The van der Waals surface area contributed by atoms with Gasteiger partial charge in [0.1, 0.15) is 5.75 Å². The summed E-state index contributed by atoms with van der Waals surface area (Å²) >= 11 is -0.826. The normalized spacial score (nSPS) is 32.2. The van der Waals surface area contributed by atoms with E-state index < -0.39 is 20.8 Å². The third-order valence-corrected chi connectivity index (χ3v) is 9.19. The number of aromatic hydroxyl groups is 1. The van der Waals surface area contributed by atoms with E-state index in [0.717, 1.165) is 61.0 Å². The van der Waals surface area contributed by atoms with Crippen LogP contribution in [0, 0.1) is 29.6 Å². The molecule has 1 saturated carbocycles. The van der Waals surface area contributed by atoms with Crippen LogP contribution in [-0.4, -0.2) is 41.1 Å². The molecule has 0 aromatic heterocycles. The summed E-state index contributed by atoms with van der Waals surface area (Å²) in [5.74, 6) is 5.72. The molecule has 0 amide bonds. The molecule has 3 fully saturated rings. The Bertz CT molecular complexity index is 790. The SMILES string of the molecule is CC(C)(C)c1cc(C2N3CCCN2CC3)c(O)c(C(C)(C)C)c1.C[C-]1C(C)C(C)C(C)C1C.[Cl][Zr+2][Cl]. The Morgan fingerprint density at radius 1 is 0.833 bits per heavy atom. The van der Waals surface area contributed by atoms with Crippen molar-refractivity contribution in [2.45, 2.75) is 99.6 Å². The minimum atomic E-state index is -0.826. The average Bonchev–Trinajstić information content (AvgIpc) is 3.11. The predicted molar refractivity (Wildman–Crippen MR) is 153 cm³/mol. The van der Waals surface area contributed by atoms with Gasteiger partial charge in [-0.15, -0.1) is 0 Å². The van der Waals surface area contributed by atoms with E-state index in [9.17, 15) is 5.11 Å². The van der Waals surface area contributed by atoms with Gasteiger partial charge in [0.05, 0.1) is 6.17 Å². The van der Waals surface area contributed by atoms with E-state index in [0.29, 0.717) is 5.75 Å². The third-order valence-electron chi connectivity index (χ3n) is 9.19. The van der Waals surface area contributed by atoms with Crippen molar-refractivity contribution in [1.82, 2.24) is 9.80 Å². The Morgan fingerprint density at radius 3 is 1.61 bits per heavy atom. The molecule has 3 nitrogen and oxygen atoms in total. The Kier molecular flexibility index (Phi) is 11.9. The standard InChI is InChI=1S/C20H32N2O.C10H19.2ClH.Zr/c1-19(2,3)14-12-15(17(23)16(13-14)20(4,5)6)18-21-8-7-9-22(18)11-10-21;1-6-7(2)9(4)10(5)8(6)3;;;/h12-13,18,23H,7-11H2,1-6H3;6-9H,1-5H3;2*1H;/q;-1;;;+4/p-2. The fourth-order valence-electron chi connectivity index (χ4n) is 6.08.